The number of sulfone groups is 1. The molecule has 0 saturated carbocycles. The van der Waals surface area contributed by atoms with E-state index >= 15 is 0 Å². The lowest BCUT2D eigenvalue weighted by atomic mass is 9.98. The first kappa shape index (κ1) is 21.9. The Morgan fingerprint density at radius 1 is 1.00 bits per heavy atom. The highest BCUT2D eigenvalue weighted by Crippen LogP contribution is 2.31. The van der Waals surface area contributed by atoms with Gasteiger partial charge >= 0.3 is 0 Å². The number of nitrogens with zero attached hydrogens (tertiary/aromatic N) is 4. The number of rotatable bonds is 4. The normalized spacial score (nSPS) is 13.2. The zero-order chi connectivity index (χ0) is 24.0. The van der Waals surface area contributed by atoms with Crippen molar-refractivity contribution in [3.8, 4) is 16.8 Å². The number of carbonyl (C=O) groups excluding carboxylic acids is 1. The lowest BCUT2D eigenvalue weighted by Crippen LogP contribution is -2.26. The van der Waals surface area contributed by atoms with E-state index in [1.807, 2.05) is 0 Å². The van der Waals surface area contributed by atoms with Crippen LogP contribution in [0.1, 0.15) is 21.6 Å². The molecule has 0 saturated heterocycles. The van der Waals surface area contributed by atoms with Crippen molar-refractivity contribution in [1.82, 2.24) is 19.7 Å². The fraction of sp³-hybridized carbons (Fsp3) is 0.125. The number of benzene rings is 2. The van der Waals surface area contributed by atoms with E-state index in [4.69, 9.17) is 0 Å². The van der Waals surface area contributed by atoms with Gasteiger partial charge < -0.3 is 4.90 Å². The third-order valence-corrected chi connectivity index (χ3v) is 6.72. The van der Waals surface area contributed by atoms with Crippen molar-refractivity contribution >= 4 is 15.7 Å². The minimum absolute atomic E-state index is 0.00303. The predicted molar refractivity (Wildman–Crippen MR) is 120 cm³/mol. The number of amides is 1. The predicted octanol–water partition coefficient (Wildman–Crippen LogP) is 3.77. The van der Waals surface area contributed by atoms with Crippen LogP contribution in [0.5, 0.6) is 0 Å². The van der Waals surface area contributed by atoms with Crippen LogP contribution in [-0.2, 0) is 22.9 Å². The summed E-state index contributed by atoms with van der Waals surface area (Å²) in [7, 11) is -3.57. The molecule has 1 aliphatic heterocycles. The fourth-order valence-electron chi connectivity index (χ4n) is 3.96. The Bertz CT molecular complexity index is 1530. The molecule has 3 heterocycles. The van der Waals surface area contributed by atoms with Gasteiger partial charge in [0.05, 0.1) is 35.2 Å². The summed E-state index contributed by atoms with van der Waals surface area (Å²) in [4.78, 5) is 18.9. The minimum Gasteiger partial charge on any atom is -0.328 e. The lowest BCUT2D eigenvalue weighted by Gasteiger charge is -2.19. The Morgan fingerprint density at radius 2 is 1.82 bits per heavy atom. The van der Waals surface area contributed by atoms with E-state index in [0.717, 1.165) is 18.0 Å². The Morgan fingerprint density at radius 3 is 2.53 bits per heavy atom. The van der Waals surface area contributed by atoms with Gasteiger partial charge in [0.2, 0.25) is 0 Å². The molecule has 172 valence electrons. The van der Waals surface area contributed by atoms with Crippen molar-refractivity contribution in [1.29, 1.82) is 0 Å². The standard InChI is InChI=1S/C24H18F2N4O3S/c1-34(32,33)20-5-6-21(15-3-2-4-17(25)7-15)22(9-20)24(31)29-12-16-13-30(28-23(16)14-29)19-8-18(26)10-27-11-19/h2-11,13H,12,14H2,1H3. The molecule has 0 fully saturated rings. The van der Waals surface area contributed by atoms with E-state index in [0.29, 0.717) is 22.5 Å². The molecular weight excluding hydrogens is 462 g/mol. The van der Waals surface area contributed by atoms with Gasteiger partial charge in [0, 0.05) is 36.2 Å². The molecule has 0 unspecified atom stereocenters. The Hall–Kier alpha value is -3.92. The van der Waals surface area contributed by atoms with Gasteiger partial charge in [-0.05, 0) is 35.4 Å². The molecule has 0 atom stereocenters. The lowest BCUT2D eigenvalue weighted by molar-refractivity contribution is 0.0749. The van der Waals surface area contributed by atoms with Gasteiger partial charge in [0.25, 0.3) is 5.91 Å². The number of carbonyl (C=O) groups is 1. The van der Waals surface area contributed by atoms with E-state index in [1.54, 1.807) is 12.3 Å². The fourth-order valence-corrected chi connectivity index (χ4v) is 4.61. The van der Waals surface area contributed by atoms with Gasteiger partial charge in [0.1, 0.15) is 11.6 Å². The summed E-state index contributed by atoms with van der Waals surface area (Å²) in [6, 6.07) is 11.3. The largest absolute Gasteiger partial charge is 0.328 e. The molecule has 0 radical (unpaired) electrons. The van der Waals surface area contributed by atoms with Crippen molar-refractivity contribution in [2.75, 3.05) is 6.26 Å². The van der Waals surface area contributed by atoms with Crippen LogP contribution in [0, 0.1) is 11.6 Å². The SMILES string of the molecule is CS(=O)(=O)c1ccc(-c2cccc(F)c2)c(C(=O)N2Cc3cn(-c4cncc(F)c4)nc3C2)c1. The van der Waals surface area contributed by atoms with Gasteiger partial charge in [-0.15, -0.1) is 0 Å². The summed E-state index contributed by atoms with van der Waals surface area (Å²) in [5.74, 6) is -1.35. The summed E-state index contributed by atoms with van der Waals surface area (Å²) in [5.41, 5.74) is 2.93. The molecule has 0 aliphatic carbocycles. The second kappa shape index (κ2) is 8.14. The highest BCUT2D eigenvalue weighted by atomic mass is 32.2. The quantitative estimate of drug-likeness (QED) is 0.444. The first-order valence-corrected chi connectivity index (χ1v) is 12.2. The highest BCUT2D eigenvalue weighted by molar-refractivity contribution is 7.90. The molecule has 1 aliphatic rings. The van der Waals surface area contributed by atoms with Crippen LogP contribution in [0.15, 0.2) is 72.0 Å². The molecule has 2 aromatic carbocycles. The maximum atomic E-state index is 13.9. The summed E-state index contributed by atoms with van der Waals surface area (Å²) in [6.45, 7) is 0.429. The monoisotopic (exact) mass is 480 g/mol. The minimum atomic E-state index is -3.57. The first-order chi connectivity index (χ1) is 16.2. The molecule has 7 nitrogen and oxygen atoms in total. The van der Waals surface area contributed by atoms with Gasteiger partial charge in [-0.25, -0.2) is 21.9 Å². The highest BCUT2D eigenvalue weighted by Gasteiger charge is 2.29. The van der Waals surface area contributed by atoms with Crippen LogP contribution in [-0.4, -0.2) is 40.2 Å². The van der Waals surface area contributed by atoms with Crippen molar-refractivity contribution < 1.29 is 22.0 Å². The van der Waals surface area contributed by atoms with Crippen LogP contribution in [0.3, 0.4) is 0 Å². The van der Waals surface area contributed by atoms with Gasteiger partial charge in [0.15, 0.2) is 9.84 Å². The maximum Gasteiger partial charge on any atom is 0.255 e. The van der Waals surface area contributed by atoms with Crippen molar-refractivity contribution in [2.45, 2.75) is 18.0 Å². The molecule has 2 aromatic heterocycles. The molecule has 0 spiro atoms. The second-order valence-corrected chi connectivity index (χ2v) is 10.1. The van der Waals surface area contributed by atoms with Crippen molar-refractivity contribution in [2.24, 2.45) is 0 Å². The first-order valence-electron chi connectivity index (χ1n) is 10.3. The Labute approximate surface area is 194 Å². The Kier molecular flexibility index (Phi) is 5.24. The van der Waals surface area contributed by atoms with Crippen LogP contribution in [0.2, 0.25) is 0 Å². The number of fused-ring (bicyclic) bond motifs is 1. The molecule has 4 aromatic rings. The van der Waals surface area contributed by atoms with E-state index in [1.165, 1.54) is 58.2 Å². The summed E-state index contributed by atoms with van der Waals surface area (Å²) in [6.07, 6.45) is 5.35. The summed E-state index contributed by atoms with van der Waals surface area (Å²) in [5, 5.41) is 4.45. The van der Waals surface area contributed by atoms with E-state index in [-0.39, 0.29) is 23.5 Å². The average molecular weight is 480 g/mol. The molecule has 34 heavy (non-hydrogen) atoms. The molecule has 5 rings (SSSR count). The number of hydrogen-bond acceptors (Lipinski definition) is 5. The van der Waals surface area contributed by atoms with E-state index < -0.39 is 27.4 Å². The summed E-state index contributed by atoms with van der Waals surface area (Å²) >= 11 is 0. The van der Waals surface area contributed by atoms with Gasteiger partial charge in [-0.3, -0.25) is 9.78 Å². The molecule has 10 heteroatoms. The second-order valence-electron chi connectivity index (χ2n) is 8.06. The molecule has 0 N–H and O–H groups in total. The molecular formula is C24H18F2N4O3S. The summed E-state index contributed by atoms with van der Waals surface area (Å²) < 4.78 is 53.1. The molecule has 1 amide bonds. The van der Waals surface area contributed by atoms with Crippen LogP contribution in [0.4, 0.5) is 8.78 Å². The van der Waals surface area contributed by atoms with Crippen LogP contribution >= 0.6 is 0 Å². The molecule has 0 bridgehead atoms. The zero-order valence-corrected chi connectivity index (χ0v) is 18.8. The Balaban J connectivity index is 1.49. The number of halogens is 2. The van der Waals surface area contributed by atoms with Crippen LogP contribution < -0.4 is 0 Å². The average Bonchev–Trinajstić information content (AvgIpc) is 3.37. The van der Waals surface area contributed by atoms with E-state index in [9.17, 15) is 22.0 Å². The number of pyridine rings is 1. The zero-order valence-electron chi connectivity index (χ0n) is 17.9. The van der Waals surface area contributed by atoms with Gasteiger partial charge in [-0.2, -0.15) is 5.10 Å². The van der Waals surface area contributed by atoms with Gasteiger partial charge in [-0.1, -0.05) is 18.2 Å². The third kappa shape index (κ3) is 4.08. The number of hydrogen-bond donors (Lipinski definition) is 0. The van der Waals surface area contributed by atoms with Crippen molar-refractivity contribution in [3.05, 3.63) is 95.6 Å². The number of aromatic nitrogens is 3. The smallest absolute Gasteiger partial charge is 0.255 e. The van der Waals surface area contributed by atoms with Crippen LogP contribution in [0.25, 0.3) is 16.8 Å². The topological polar surface area (TPSA) is 85.2 Å². The van der Waals surface area contributed by atoms with Crippen molar-refractivity contribution in [3.63, 3.8) is 0 Å². The maximum absolute atomic E-state index is 13.9. The third-order valence-electron chi connectivity index (χ3n) is 5.61. The van der Waals surface area contributed by atoms with E-state index in [2.05, 4.69) is 10.1 Å².